The zero-order chi connectivity index (χ0) is 11.8. The molecule has 0 atom stereocenters. The van der Waals surface area contributed by atoms with Crippen molar-refractivity contribution in [3.05, 3.63) is 5.01 Å². The molecular weight excluding hydrogens is 224 g/mol. The molecular formula is C10H18N4OS. The number of rotatable bonds is 7. The molecule has 0 aliphatic heterocycles. The highest BCUT2D eigenvalue weighted by atomic mass is 32.1. The minimum Gasteiger partial charge on any atom is -0.360 e. The lowest BCUT2D eigenvalue weighted by molar-refractivity contribution is 0.0952. The van der Waals surface area contributed by atoms with Gasteiger partial charge in [0.1, 0.15) is 0 Å². The van der Waals surface area contributed by atoms with Crippen LogP contribution in [0.4, 0.5) is 5.13 Å². The largest absolute Gasteiger partial charge is 0.360 e. The Morgan fingerprint density at radius 2 is 2.12 bits per heavy atom. The summed E-state index contributed by atoms with van der Waals surface area (Å²) in [5.41, 5.74) is 0. The number of anilines is 1. The van der Waals surface area contributed by atoms with E-state index in [9.17, 15) is 4.79 Å². The molecule has 2 N–H and O–H groups in total. The van der Waals surface area contributed by atoms with Crippen LogP contribution in [0, 0.1) is 0 Å². The summed E-state index contributed by atoms with van der Waals surface area (Å²) in [5.74, 6) is -0.127. The predicted octanol–water partition coefficient (Wildman–Crippen LogP) is 1.89. The van der Waals surface area contributed by atoms with Crippen LogP contribution in [0.15, 0.2) is 0 Å². The fourth-order valence-electron chi connectivity index (χ4n) is 1.19. The van der Waals surface area contributed by atoms with Crippen molar-refractivity contribution in [2.75, 3.05) is 18.4 Å². The molecule has 0 aliphatic rings. The molecule has 5 nitrogen and oxygen atoms in total. The summed E-state index contributed by atoms with van der Waals surface area (Å²) < 4.78 is 0. The number of hydrogen-bond acceptors (Lipinski definition) is 5. The number of nitrogens with one attached hydrogen (secondary N) is 2. The molecule has 1 amide bonds. The van der Waals surface area contributed by atoms with Gasteiger partial charge < -0.3 is 10.6 Å². The van der Waals surface area contributed by atoms with Gasteiger partial charge in [0.05, 0.1) is 0 Å². The van der Waals surface area contributed by atoms with E-state index in [1.54, 1.807) is 0 Å². The van der Waals surface area contributed by atoms with Gasteiger partial charge in [0.15, 0.2) is 0 Å². The first kappa shape index (κ1) is 12.9. The van der Waals surface area contributed by atoms with Crippen molar-refractivity contribution < 1.29 is 4.79 Å². The summed E-state index contributed by atoms with van der Waals surface area (Å²) in [6, 6.07) is 0. The Hall–Kier alpha value is -1.17. The molecule has 0 radical (unpaired) electrons. The lowest BCUT2D eigenvalue weighted by Crippen LogP contribution is -2.24. The third-order valence-corrected chi connectivity index (χ3v) is 2.89. The number of aromatic nitrogens is 2. The first-order valence-corrected chi connectivity index (χ1v) is 6.45. The van der Waals surface area contributed by atoms with Crippen molar-refractivity contribution in [2.45, 2.75) is 33.1 Å². The number of hydrogen-bond donors (Lipinski definition) is 2. The first-order chi connectivity index (χ1) is 7.77. The van der Waals surface area contributed by atoms with Crippen molar-refractivity contribution >= 4 is 22.4 Å². The van der Waals surface area contributed by atoms with Gasteiger partial charge >= 0.3 is 0 Å². The summed E-state index contributed by atoms with van der Waals surface area (Å²) in [6.07, 6.45) is 3.30. The number of nitrogens with zero attached hydrogens (tertiary/aromatic N) is 2. The van der Waals surface area contributed by atoms with Crippen LogP contribution in [0.1, 0.15) is 42.9 Å². The van der Waals surface area contributed by atoms with E-state index in [-0.39, 0.29) is 5.91 Å². The van der Waals surface area contributed by atoms with Crippen LogP contribution in [0.3, 0.4) is 0 Å². The van der Waals surface area contributed by atoms with Gasteiger partial charge in [-0.2, -0.15) is 0 Å². The van der Waals surface area contributed by atoms with Gasteiger partial charge in [-0.25, -0.2) is 0 Å². The van der Waals surface area contributed by atoms with E-state index in [0.29, 0.717) is 16.7 Å². The lowest BCUT2D eigenvalue weighted by atomic mass is 10.2. The second-order valence-corrected chi connectivity index (χ2v) is 4.38. The van der Waals surface area contributed by atoms with E-state index < -0.39 is 0 Å². The molecule has 0 aromatic carbocycles. The Morgan fingerprint density at radius 3 is 2.81 bits per heavy atom. The smallest absolute Gasteiger partial charge is 0.282 e. The standard InChI is InChI=1S/C10H18N4OS/c1-3-5-6-7-12-8(15)9-13-14-10(16-9)11-4-2/h3-7H2,1-2H3,(H,11,14)(H,12,15). The highest BCUT2D eigenvalue weighted by Crippen LogP contribution is 2.14. The minimum absolute atomic E-state index is 0.127. The molecule has 90 valence electrons. The molecule has 0 aliphatic carbocycles. The third kappa shape index (κ3) is 4.14. The van der Waals surface area contributed by atoms with Crippen LogP contribution < -0.4 is 10.6 Å². The predicted molar refractivity (Wildman–Crippen MR) is 65.9 cm³/mol. The van der Waals surface area contributed by atoms with Gasteiger partial charge in [0.25, 0.3) is 5.91 Å². The second kappa shape index (κ2) is 7.16. The molecule has 0 fully saturated rings. The Balaban J connectivity index is 2.34. The SMILES string of the molecule is CCCCCNC(=O)c1nnc(NCC)s1. The van der Waals surface area contributed by atoms with Crippen LogP contribution in [-0.4, -0.2) is 29.2 Å². The van der Waals surface area contributed by atoms with E-state index in [1.165, 1.54) is 11.3 Å². The maximum Gasteiger partial charge on any atom is 0.282 e. The fraction of sp³-hybridized carbons (Fsp3) is 0.700. The van der Waals surface area contributed by atoms with E-state index in [1.807, 2.05) is 6.92 Å². The summed E-state index contributed by atoms with van der Waals surface area (Å²) >= 11 is 1.28. The molecule has 0 unspecified atom stereocenters. The second-order valence-electron chi connectivity index (χ2n) is 3.41. The number of carbonyl (C=O) groups excluding carboxylic acids is 1. The van der Waals surface area contributed by atoms with Crippen molar-refractivity contribution in [1.82, 2.24) is 15.5 Å². The Bertz CT molecular complexity index is 326. The van der Waals surface area contributed by atoms with E-state index in [2.05, 4.69) is 27.8 Å². The van der Waals surface area contributed by atoms with Crippen LogP contribution in [-0.2, 0) is 0 Å². The van der Waals surface area contributed by atoms with Crippen molar-refractivity contribution in [1.29, 1.82) is 0 Å². The Morgan fingerprint density at radius 1 is 1.31 bits per heavy atom. The molecule has 0 bridgehead atoms. The zero-order valence-electron chi connectivity index (χ0n) is 9.75. The van der Waals surface area contributed by atoms with Crippen LogP contribution in [0.5, 0.6) is 0 Å². The highest BCUT2D eigenvalue weighted by molar-refractivity contribution is 7.17. The Kier molecular flexibility index (Phi) is 5.77. The molecule has 1 aromatic heterocycles. The fourth-order valence-corrected chi connectivity index (χ4v) is 1.92. The summed E-state index contributed by atoms with van der Waals surface area (Å²) in [4.78, 5) is 11.6. The van der Waals surface area contributed by atoms with Crippen molar-refractivity contribution in [2.24, 2.45) is 0 Å². The molecule has 6 heteroatoms. The molecule has 0 spiro atoms. The summed E-state index contributed by atoms with van der Waals surface area (Å²) in [5, 5.41) is 14.7. The van der Waals surface area contributed by atoms with Gasteiger partial charge in [0.2, 0.25) is 10.1 Å². The third-order valence-electron chi connectivity index (χ3n) is 2.01. The zero-order valence-corrected chi connectivity index (χ0v) is 10.6. The van der Waals surface area contributed by atoms with Gasteiger partial charge in [0, 0.05) is 13.1 Å². The number of amides is 1. The molecule has 1 rings (SSSR count). The number of unbranched alkanes of at least 4 members (excludes halogenated alkanes) is 2. The van der Waals surface area contributed by atoms with Gasteiger partial charge in [-0.15, -0.1) is 10.2 Å². The number of carbonyl (C=O) groups is 1. The maximum atomic E-state index is 11.6. The van der Waals surface area contributed by atoms with E-state index in [0.717, 1.165) is 25.8 Å². The topological polar surface area (TPSA) is 66.9 Å². The maximum absolute atomic E-state index is 11.6. The first-order valence-electron chi connectivity index (χ1n) is 5.63. The van der Waals surface area contributed by atoms with E-state index in [4.69, 9.17) is 0 Å². The van der Waals surface area contributed by atoms with Crippen molar-refractivity contribution in [3.63, 3.8) is 0 Å². The van der Waals surface area contributed by atoms with Crippen LogP contribution in [0.25, 0.3) is 0 Å². The molecule has 0 saturated heterocycles. The van der Waals surface area contributed by atoms with Crippen LogP contribution >= 0.6 is 11.3 Å². The quantitative estimate of drug-likeness (QED) is 0.717. The Labute approximate surface area is 99.7 Å². The monoisotopic (exact) mass is 242 g/mol. The van der Waals surface area contributed by atoms with Crippen LogP contribution in [0.2, 0.25) is 0 Å². The highest BCUT2D eigenvalue weighted by Gasteiger charge is 2.11. The molecule has 1 aromatic rings. The van der Waals surface area contributed by atoms with Gasteiger partial charge in [-0.1, -0.05) is 31.1 Å². The molecule has 0 saturated carbocycles. The molecule has 16 heavy (non-hydrogen) atoms. The van der Waals surface area contributed by atoms with Crippen molar-refractivity contribution in [3.8, 4) is 0 Å². The van der Waals surface area contributed by atoms with E-state index >= 15 is 0 Å². The van der Waals surface area contributed by atoms with Gasteiger partial charge in [-0.3, -0.25) is 4.79 Å². The normalized spacial score (nSPS) is 10.1. The lowest BCUT2D eigenvalue weighted by Gasteiger charge is -2.00. The van der Waals surface area contributed by atoms with Gasteiger partial charge in [-0.05, 0) is 13.3 Å². The summed E-state index contributed by atoms with van der Waals surface area (Å²) in [7, 11) is 0. The average Bonchev–Trinajstić information content (AvgIpc) is 2.73. The minimum atomic E-state index is -0.127. The molecule has 1 heterocycles. The average molecular weight is 242 g/mol. The summed E-state index contributed by atoms with van der Waals surface area (Å²) in [6.45, 7) is 5.61.